The van der Waals surface area contributed by atoms with Gasteiger partial charge >= 0.3 is 0 Å². The van der Waals surface area contributed by atoms with Crippen molar-refractivity contribution >= 4 is 29.0 Å². The SMILES string of the molecule is CSc1ccccc1NC(=O)[C@@H](C)Nc1cccc(-c2nnc3n2CCCCC3)c1. The topological polar surface area (TPSA) is 71.8 Å². The Labute approximate surface area is 181 Å². The largest absolute Gasteiger partial charge is 0.374 e. The number of aryl methyl sites for hydroxylation is 1. The van der Waals surface area contributed by atoms with Gasteiger partial charge in [-0.15, -0.1) is 22.0 Å². The molecule has 0 bridgehead atoms. The number of amides is 1. The Kier molecular flexibility index (Phi) is 6.38. The Bertz CT molecular complexity index is 1030. The first kappa shape index (κ1) is 20.5. The van der Waals surface area contributed by atoms with Crippen molar-refractivity contribution in [1.82, 2.24) is 14.8 Å². The molecule has 0 radical (unpaired) electrons. The van der Waals surface area contributed by atoms with Gasteiger partial charge in [0.05, 0.1) is 5.69 Å². The van der Waals surface area contributed by atoms with Crippen LogP contribution in [0.15, 0.2) is 53.4 Å². The third-order valence-electron chi connectivity index (χ3n) is 5.37. The number of aromatic nitrogens is 3. The van der Waals surface area contributed by atoms with Crippen molar-refractivity contribution in [1.29, 1.82) is 0 Å². The normalized spacial score (nSPS) is 14.5. The van der Waals surface area contributed by atoms with Crippen molar-refractivity contribution < 1.29 is 4.79 Å². The number of rotatable bonds is 6. The summed E-state index contributed by atoms with van der Waals surface area (Å²) in [6.45, 7) is 2.83. The Hall–Kier alpha value is -2.80. The average Bonchev–Trinajstić information content (AvgIpc) is 3.02. The molecule has 2 aromatic carbocycles. The number of thioether (sulfide) groups is 1. The Morgan fingerprint density at radius 3 is 2.83 bits per heavy atom. The first-order valence-corrected chi connectivity index (χ1v) is 11.6. The highest BCUT2D eigenvalue weighted by atomic mass is 32.2. The van der Waals surface area contributed by atoms with Crippen molar-refractivity contribution in [2.75, 3.05) is 16.9 Å². The molecule has 0 aliphatic carbocycles. The van der Waals surface area contributed by atoms with E-state index < -0.39 is 0 Å². The molecule has 1 aliphatic rings. The maximum absolute atomic E-state index is 12.7. The van der Waals surface area contributed by atoms with E-state index in [2.05, 4.69) is 25.4 Å². The van der Waals surface area contributed by atoms with E-state index in [1.54, 1.807) is 11.8 Å². The number of benzene rings is 2. The lowest BCUT2D eigenvalue weighted by atomic mass is 10.1. The number of fused-ring (bicyclic) bond motifs is 1. The third-order valence-corrected chi connectivity index (χ3v) is 6.17. The minimum Gasteiger partial charge on any atom is -0.374 e. The summed E-state index contributed by atoms with van der Waals surface area (Å²) in [5.74, 6) is 1.90. The summed E-state index contributed by atoms with van der Waals surface area (Å²) in [4.78, 5) is 13.8. The van der Waals surface area contributed by atoms with Gasteiger partial charge in [0, 0.05) is 29.1 Å². The molecule has 0 fully saturated rings. The molecular formula is C23H27N5OS. The average molecular weight is 422 g/mol. The molecule has 30 heavy (non-hydrogen) atoms. The second kappa shape index (κ2) is 9.34. The van der Waals surface area contributed by atoms with Gasteiger partial charge in [0.25, 0.3) is 0 Å². The van der Waals surface area contributed by atoms with E-state index in [1.165, 1.54) is 12.8 Å². The lowest BCUT2D eigenvalue weighted by molar-refractivity contribution is -0.116. The summed E-state index contributed by atoms with van der Waals surface area (Å²) in [5.41, 5.74) is 2.74. The van der Waals surface area contributed by atoms with Crippen molar-refractivity contribution in [3.8, 4) is 11.4 Å². The molecule has 6 nitrogen and oxygen atoms in total. The summed E-state index contributed by atoms with van der Waals surface area (Å²) in [7, 11) is 0. The van der Waals surface area contributed by atoms with E-state index in [1.807, 2.05) is 61.7 Å². The lowest BCUT2D eigenvalue weighted by Gasteiger charge is -2.17. The van der Waals surface area contributed by atoms with E-state index in [9.17, 15) is 4.79 Å². The monoisotopic (exact) mass is 421 g/mol. The zero-order valence-corrected chi connectivity index (χ0v) is 18.2. The summed E-state index contributed by atoms with van der Waals surface area (Å²) in [6.07, 6.45) is 6.55. The zero-order valence-electron chi connectivity index (χ0n) is 17.4. The number of carbonyl (C=O) groups excluding carboxylic acids is 1. The molecule has 0 unspecified atom stereocenters. The maximum atomic E-state index is 12.7. The highest BCUT2D eigenvalue weighted by molar-refractivity contribution is 7.98. The van der Waals surface area contributed by atoms with Gasteiger partial charge in [0.15, 0.2) is 5.82 Å². The number of hydrogen-bond donors (Lipinski definition) is 2. The van der Waals surface area contributed by atoms with Crippen LogP contribution in [0.25, 0.3) is 11.4 Å². The van der Waals surface area contributed by atoms with Crippen LogP contribution < -0.4 is 10.6 Å². The fraction of sp³-hybridized carbons (Fsp3) is 0.348. The highest BCUT2D eigenvalue weighted by Gasteiger charge is 2.18. The van der Waals surface area contributed by atoms with Crippen LogP contribution in [0.4, 0.5) is 11.4 Å². The molecule has 1 atom stereocenters. The molecule has 0 saturated carbocycles. The van der Waals surface area contributed by atoms with E-state index in [0.29, 0.717) is 0 Å². The van der Waals surface area contributed by atoms with E-state index in [4.69, 9.17) is 0 Å². The number of nitrogens with zero attached hydrogens (tertiary/aromatic N) is 3. The molecule has 1 aliphatic heterocycles. The van der Waals surface area contributed by atoms with Gasteiger partial charge in [-0.3, -0.25) is 4.79 Å². The van der Waals surface area contributed by atoms with Crippen LogP contribution in [-0.4, -0.2) is 33.0 Å². The minimum absolute atomic E-state index is 0.0711. The van der Waals surface area contributed by atoms with Gasteiger partial charge in [0.2, 0.25) is 5.91 Å². The van der Waals surface area contributed by atoms with Gasteiger partial charge in [0.1, 0.15) is 11.9 Å². The molecular weight excluding hydrogens is 394 g/mol. The number of nitrogens with one attached hydrogen (secondary N) is 2. The third kappa shape index (κ3) is 4.51. The molecule has 7 heteroatoms. The molecule has 0 spiro atoms. The molecule has 156 valence electrons. The zero-order chi connectivity index (χ0) is 20.9. The quantitative estimate of drug-likeness (QED) is 0.558. The van der Waals surface area contributed by atoms with Crippen LogP contribution in [0.2, 0.25) is 0 Å². The summed E-state index contributed by atoms with van der Waals surface area (Å²) in [6, 6.07) is 15.5. The van der Waals surface area contributed by atoms with Gasteiger partial charge < -0.3 is 15.2 Å². The number of para-hydroxylation sites is 1. The van der Waals surface area contributed by atoms with Crippen LogP contribution in [0.3, 0.4) is 0 Å². The fourth-order valence-electron chi connectivity index (χ4n) is 3.75. The van der Waals surface area contributed by atoms with E-state index in [-0.39, 0.29) is 11.9 Å². The van der Waals surface area contributed by atoms with E-state index >= 15 is 0 Å². The summed E-state index contributed by atoms with van der Waals surface area (Å²) >= 11 is 1.62. The minimum atomic E-state index is -0.384. The Morgan fingerprint density at radius 1 is 1.10 bits per heavy atom. The van der Waals surface area contributed by atoms with Crippen molar-refractivity contribution in [2.45, 2.75) is 50.1 Å². The summed E-state index contributed by atoms with van der Waals surface area (Å²) in [5, 5.41) is 15.2. The van der Waals surface area contributed by atoms with Crippen molar-refractivity contribution in [3.05, 3.63) is 54.4 Å². The van der Waals surface area contributed by atoms with Crippen LogP contribution >= 0.6 is 11.8 Å². The predicted octanol–water partition coefficient (Wildman–Crippen LogP) is 4.83. The fourth-order valence-corrected chi connectivity index (χ4v) is 4.30. The molecule has 2 N–H and O–H groups in total. The molecule has 4 rings (SSSR count). The second-order valence-corrected chi connectivity index (χ2v) is 8.39. The van der Waals surface area contributed by atoms with Gasteiger partial charge in [-0.2, -0.15) is 0 Å². The molecule has 1 aromatic heterocycles. The van der Waals surface area contributed by atoms with Crippen LogP contribution in [-0.2, 0) is 17.8 Å². The van der Waals surface area contributed by atoms with Crippen LogP contribution in [0.1, 0.15) is 32.0 Å². The van der Waals surface area contributed by atoms with Crippen LogP contribution in [0.5, 0.6) is 0 Å². The first-order valence-electron chi connectivity index (χ1n) is 10.4. The number of carbonyl (C=O) groups is 1. The maximum Gasteiger partial charge on any atom is 0.246 e. The van der Waals surface area contributed by atoms with Crippen LogP contribution in [0, 0.1) is 0 Å². The van der Waals surface area contributed by atoms with E-state index in [0.717, 1.165) is 52.9 Å². The standard InChI is InChI=1S/C23H27N5OS/c1-16(23(29)25-19-11-5-6-12-20(19)30-2)24-18-10-8-9-17(15-18)22-27-26-21-13-4-3-7-14-28(21)22/h5-6,8-12,15-16,24H,3-4,7,13-14H2,1-2H3,(H,25,29)/t16-/m1/s1. The predicted molar refractivity (Wildman–Crippen MR) is 123 cm³/mol. The highest BCUT2D eigenvalue weighted by Crippen LogP contribution is 2.26. The van der Waals surface area contributed by atoms with Gasteiger partial charge in [-0.1, -0.05) is 30.7 Å². The summed E-state index contributed by atoms with van der Waals surface area (Å²) < 4.78 is 2.24. The van der Waals surface area contributed by atoms with Gasteiger partial charge in [-0.05, 0) is 50.3 Å². The second-order valence-electron chi connectivity index (χ2n) is 7.54. The number of hydrogen-bond acceptors (Lipinski definition) is 5. The smallest absolute Gasteiger partial charge is 0.246 e. The first-order chi connectivity index (χ1) is 14.7. The van der Waals surface area contributed by atoms with Crippen molar-refractivity contribution in [2.24, 2.45) is 0 Å². The molecule has 1 amide bonds. The molecule has 2 heterocycles. The Balaban J connectivity index is 1.48. The lowest BCUT2D eigenvalue weighted by Crippen LogP contribution is -2.32. The van der Waals surface area contributed by atoms with Gasteiger partial charge in [-0.25, -0.2) is 0 Å². The van der Waals surface area contributed by atoms with Crippen molar-refractivity contribution in [3.63, 3.8) is 0 Å². The Morgan fingerprint density at radius 2 is 1.97 bits per heavy atom. The molecule has 0 saturated heterocycles. The molecule has 3 aromatic rings. The number of anilines is 2.